The maximum Gasteiger partial charge on any atom is 0.326 e. The highest BCUT2D eigenvalue weighted by atomic mass is 16.6. The molecule has 63 heavy (non-hydrogen) atoms. The van der Waals surface area contributed by atoms with E-state index in [4.69, 9.17) is 14.8 Å². The van der Waals surface area contributed by atoms with Crippen molar-refractivity contribution in [2.24, 2.45) is 11.8 Å². The fourth-order valence-electron chi connectivity index (χ4n) is 7.76. The van der Waals surface area contributed by atoms with Crippen LogP contribution < -0.4 is 26.8 Å². The number of carbonyl (C=O) groups is 6. The molecular formula is C44H51N7O12. The van der Waals surface area contributed by atoms with Crippen molar-refractivity contribution in [3.05, 3.63) is 88.2 Å². The van der Waals surface area contributed by atoms with Crippen molar-refractivity contribution >= 4 is 75.1 Å². The molecule has 6 unspecified atom stereocenters. The van der Waals surface area contributed by atoms with Crippen LogP contribution in [0, 0.1) is 11.8 Å². The summed E-state index contributed by atoms with van der Waals surface area (Å²) < 4.78 is 0. The molecule has 3 aliphatic heterocycles. The number of carbonyl (C=O) groups excluding carboxylic acids is 2. The quantitative estimate of drug-likeness (QED) is 0.0805. The van der Waals surface area contributed by atoms with E-state index in [1.165, 1.54) is 20.0 Å². The molecule has 0 aromatic carbocycles. The summed E-state index contributed by atoms with van der Waals surface area (Å²) in [5.74, 6) is -9.86. The van der Waals surface area contributed by atoms with Gasteiger partial charge in [0.2, 0.25) is 11.8 Å². The lowest BCUT2D eigenvalue weighted by atomic mass is 9.70. The SMILES string of the molecule is C=Cc1cc2cc3[nH]c(cc4nc(cc5nc(cc1[nH]2)C(C)=C5C(C)C(=O)NC(CC(=O)O)C(=O)O)C(C)(C(C)C(=O)NC(CC(=O)O)C(=O)O)C=4C)C(C)(O)C=3C=CNOCC. The van der Waals surface area contributed by atoms with E-state index < -0.39 is 83.5 Å². The zero-order chi connectivity index (χ0) is 46.7. The topological polar surface area (TPSA) is 306 Å². The van der Waals surface area contributed by atoms with Gasteiger partial charge in [0.05, 0.1) is 53.5 Å². The Balaban J connectivity index is 1.88. The van der Waals surface area contributed by atoms with Gasteiger partial charge in [0.1, 0.15) is 17.7 Å². The Kier molecular flexibility index (Phi) is 13.8. The van der Waals surface area contributed by atoms with E-state index in [9.17, 15) is 54.3 Å². The van der Waals surface area contributed by atoms with Crippen LogP contribution in [0.4, 0.5) is 0 Å². The highest BCUT2D eigenvalue weighted by molar-refractivity contribution is 6.03. The first-order chi connectivity index (χ1) is 29.5. The fraction of sp³-hybridized carbons (Fsp3) is 0.364. The highest BCUT2D eigenvalue weighted by Crippen LogP contribution is 2.43. The Bertz CT molecular complexity index is 2670. The second-order valence-electron chi connectivity index (χ2n) is 15.8. The normalized spacial score (nSPS) is 19.7. The number of fused-ring (bicyclic) bond motifs is 8. The zero-order valence-corrected chi connectivity index (χ0v) is 35.7. The van der Waals surface area contributed by atoms with Crippen molar-refractivity contribution in [1.82, 2.24) is 36.0 Å². The highest BCUT2D eigenvalue weighted by Gasteiger charge is 2.45. The molecule has 2 aromatic rings. The van der Waals surface area contributed by atoms with Crippen molar-refractivity contribution in [3.8, 4) is 0 Å². The minimum atomic E-state index is -1.76. The maximum atomic E-state index is 14.0. The van der Waals surface area contributed by atoms with E-state index in [0.717, 1.165) is 0 Å². The summed E-state index contributed by atoms with van der Waals surface area (Å²) in [6, 6.07) is 5.01. The summed E-state index contributed by atoms with van der Waals surface area (Å²) in [4.78, 5) is 96.7. The van der Waals surface area contributed by atoms with Crippen molar-refractivity contribution in [1.29, 1.82) is 0 Å². The van der Waals surface area contributed by atoms with Gasteiger partial charge >= 0.3 is 23.9 Å². The maximum absolute atomic E-state index is 14.0. The average molecular weight is 870 g/mol. The molecule has 19 heteroatoms. The molecule has 0 spiro atoms. The first-order valence-corrected chi connectivity index (χ1v) is 19.9. The third-order valence-electron chi connectivity index (χ3n) is 11.7. The van der Waals surface area contributed by atoms with Crippen LogP contribution in [0.3, 0.4) is 0 Å². The summed E-state index contributed by atoms with van der Waals surface area (Å²) in [6.07, 6.45) is 3.04. The number of hydrogen-bond donors (Lipinski definition) is 10. The third-order valence-corrected chi connectivity index (χ3v) is 11.7. The fourth-order valence-corrected chi connectivity index (χ4v) is 7.76. The van der Waals surface area contributed by atoms with E-state index in [2.05, 4.69) is 32.7 Å². The van der Waals surface area contributed by atoms with Gasteiger partial charge in [0, 0.05) is 39.5 Å². The van der Waals surface area contributed by atoms with Crippen molar-refractivity contribution in [3.63, 3.8) is 0 Å². The van der Waals surface area contributed by atoms with Crippen LogP contribution in [0.1, 0.15) is 89.6 Å². The van der Waals surface area contributed by atoms with E-state index in [1.54, 1.807) is 71.0 Å². The number of allylic oxidation sites excluding steroid dienone is 1. The smallest absolute Gasteiger partial charge is 0.326 e. The van der Waals surface area contributed by atoms with Gasteiger partial charge in [0.15, 0.2) is 0 Å². The molecular weight excluding hydrogens is 819 g/mol. The number of hydroxylamine groups is 1. The molecule has 6 atom stereocenters. The molecule has 2 amide bonds. The second-order valence-corrected chi connectivity index (χ2v) is 15.8. The standard InChI is InChI=1S/C44H51N7O12/c1-9-24-13-25-14-30-26(11-12-45-63-10-2)44(8,62)35(49-30)16-28-22(5)43(7,23(6)40(57)51-33(42(60)61)19-37(54)55)34(48-28)17-31-38(20(3)27(47-31)15-29(24)46-25)21(4)39(56)50-32(41(58)59)18-36(52)53/h9,11-17,21,23,32-33,45-46,49,62H,1,10,18-19H2,2-8H3,(H,50,56)(H,51,57)(H,52,53)(H,54,55)(H,58,59)(H,60,61). The first kappa shape index (κ1) is 46.9. The Morgan fingerprint density at radius 2 is 1.48 bits per heavy atom. The third kappa shape index (κ3) is 9.53. The number of hydrogen-bond acceptors (Lipinski definition) is 11. The number of rotatable bonds is 17. The van der Waals surface area contributed by atoms with Gasteiger partial charge in [-0.15, -0.1) is 0 Å². The summed E-state index contributed by atoms with van der Waals surface area (Å²) in [5, 5.41) is 55.9. The molecule has 5 heterocycles. The first-order valence-electron chi connectivity index (χ1n) is 19.9. The lowest BCUT2D eigenvalue weighted by molar-refractivity contribution is -0.147. The molecule has 0 fully saturated rings. The second kappa shape index (κ2) is 18.5. The molecule has 5 rings (SSSR count). The molecule has 2 aromatic heterocycles. The van der Waals surface area contributed by atoms with Gasteiger partial charge < -0.3 is 46.1 Å². The Hall–Kier alpha value is -7.12. The molecule has 10 N–H and O–H groups in total. The monoisotopic (exact) mass is 869 g/mol. The molecule has 0 aliphatic carbocycles. The number of H-pyrrole nitrogens is 2. The van der Waals surface area contributed by atoms with Crippen LogP contribution in [0.5, 0.6) is 0 Å². The number of carboxylic acids is 4. The lowest BCUT2D eigenvalue weighted by Crippen LogP contribution is -2.48. The number of amides is 2. The largest absolute Gasteiger partial charge is 0.481 e. The Labute approximate surface area is 360 Å². The van der Waals surface area contributed by atoms with Crippen LogP contribution >= 0.6 is 0 Å². The number of nitrogens with one attached hydrogen (secondary N) is 5. The van der Waals surface area contributed by atoms with Crippen LogP contribution in [-0.4, -0.2) is 99.9 Å². The van der Waals surface area contributed by atoms with Gasteiger partial charge in [-0.2, -0.15) is 0 Å². The molecule has 19 nitrogen and oxygen atoms in total. The van der Waals surface area contributed by atoms with Crippen LogP contribution in [0.25, 0.3) is 39.4 Å². The van der Waals surface area contributed by atoms with Gasteiger partial charge in [-0.05, 0) is 100 Å². The summed E-state index contributed by atoms with van der Waals surface area (Å²) in [6.45, 7) is 15.9. The predicted molar refractivity (Wildman–Crippen MR) is 229 cm³/mol. The minimum absolute atomic E-state index is 0.190. The molecule has 0 saturated heterocycles. The summed E-state index contributed by atoms with van der Waals surface area (Å²) in [7, 11) is 0. The van der Waals surface area contributed by atoms with Gasteiger partial charge in [0.25, 0.3) is 0 Å². The summed E-state index contributed by atoms with van der Waals surface area (Å²) in [5.41, 5.74) is 4.31. The van der Waals surface area contributed by atoms with E-state index in [1.807, 2.05) is 6.07 Å². The molecule has 8 bridgehead atoms. The number of aromatic nitrogens is 4. The molecule has 0 saturated carbocycles. The van der Waals surface area contributed by atoms with E-state index in [-0.39, 0.29) is 17.1 Å². The zero-order valence-electron chi connectivity index (χ0n) is 35.7. The lowest BCUT2D eigenvalue weighted by Gasteiger charge is -2.33. The van der Waals surface area contributed by atoms with Gasteiger partial charge in [-0.1, -0.05) is 19.6 Å². The predicted octanol–water partition coefficient (Wildman–Crippen LogP) is 2.21. The van der Waals surface area contributed by atoms with Crippen molar-refractivity contribution in [2.45, 2.75) is 84.4 Å². The number of nitrogens with zero attached hydrogens (tertiary/aromatic N) is 2. The number of carboxylic acid groups (broad SMARTS) is 4. The minimum Gasteiger partial charge on any atom is -0.481 e. The van der Waals surface area contributed by atoms with Crippen LogP contribution in [-0.2, 0) is 44.6 Å². The van der Waals surface area contributed by atoms with Gasteiger partial charge in [-0.3, -0.25) is 34.5 Å². The Morgan fingerprint density at radius 1 is 0.857 bits per heavy atom. The molecule has 334 valence electrons. The average Bonchev–Trinajstić information content (AvgIpc) is 3.87. The number of aliphatic hydroxyl groups is 1. The molecule has 3 aliphatic rings. The van der Waals surface area contributed by atoms with Crippen molar-refractivity contribution in [2.75, 3.05) is 6.61 Å². The van der Waals surface area contributed by atoms with Crippen molar-refractivity contribution < 1.29 is 59.1 Å². The Morgan fingerprint density at radius 3 is 2.05 bits per heavy atom. The van der Waals surface area contributed by atoms with Crippen LogP contribution in [0.15, 0.2) is 49.2 Å². The van der Waals surface area contributed by atoms with E-state index in [0.29, 0.717) is 61.9 Å². The summed E-state index contributed by atoms with van der Waals surface area (Å²) >= 11 is 0. The van der Waals surface area contributed by atoms with E-state index >= 15 is 0 Å². The number of aromatic amines is 2. The van der Waals surface area contributed by atoms with Gasteiger partial charge in [-0.25, -0.2) is 14.6 Å². The van der Waals surface area contributed by atoms with Crippen LogP contribution in [0.2, 0.25) is 0 Å². The number of aliphatic carboxylic acids is 4. The molecule has 0 radical (unpaired) electrons.